The molecular formula is C11H16O. The highest BCUT2D eigenvalue weighted by atomic mass is 16.3. The number of hydrogen-bond acceptors (Lipinski definition) is 1. The van der Waals surface area contributed by atoms with Crippen molar-refractivity contribution < 1.29 is 5.11 Å². The molecule has 0 radical (unpaired) electrons. The van der Waals surface area contributed by atoms with Gasteiger partial charge in [0.05, 0.1) is 6.10 Å². The molecule has 0 aliphatic carbocycles. The monoisotopic (exact) mass is 164 g/mol. The van der Waals surface area contributed by atoms with Gasteiger partial charge in [0.25, 0.3) is 0 Å². The molecule has 1 aromatic rings. The van der Waals surface area contributed by atoms with Crippen LogP contribution in [0.25, 0.3) is 0 Å². The van der Waals surface area contributed by atoms with Crippen LogP contribution in [0.15, 0.2) is 30.3 Å². The van der Waals surface area contributed by atoms with E-state index in [0.717, 1.165) is 6.42 Å². The van der Waals surface area contributed by atoms with E-state index in [-0.39, 0.29) is 12.0 Å². The maximum Gasteiger partial charge on any atom is 0.0580 e. The largest absolute Gasteiger partial charge is 0.393 e. The molecular weight excluding hydrogens is 148 g/mol. The van der Waals surface area contributed by atoms with Crippen molar-refractivity contribution in [1.82, 2.24) is 0 Å². The molecule has 2 atom stereocenters. The third-order valence-corrected chi connectivity index (χ3v) is 2.25. The summed E-state index contributed by atoms with van der Waals surface area (Å²) in [4.78, 5) is 0. The maximum atomic E-state index is 9.47. The average Bonchev–Trinajstić information content (AvgIpc) is 2.07. The third-order valence-electron chi connectivity index (χ3n) is 2.25. The molecule has 1 nitrogen and oxygen atoms in total. The van der Waals surface area contributed by atoms with Crippen molar-refractivity contribution >= 4 is 0 Å². The highest BCUT2D eigenvalue weighted by molar-refractivity contribution is 5.20. The van der Waals surface area contributed by atoms with Gasteiger partial charge in [-0.25, -0.2) is 0 Å². The van der Waals surface area contributed by atoms with Crippen LogP contribution in [0.3, 0.4) is 0 Å². The molecule has 0 aliphatic heterocycles. The van der Waals surface area contributed by atoms with E-state index in [9.17, 15) is 5.11 Å². The summed E-state index contributed by atoms with van der Waals surface area (Å²) in [7, 11) is 0. The predicted molar refractivity (Wildman–Crippen MR) is 51.2 cm³/mol. The van der Waals surface area contributed by atoms with Crippen LogP contribution in [0.2, 0.25) is 0 Å². The molecule has 12 heavy (non-hydrogen) atoms. The molecule has 1 aromatic carbocycles. The highest BCUT2D eigenvalue weighted by Gasteiger charge is 2.13. The molecule has 0 saturated heterocycles. The topological polar surface area (TPSA) is 20.2 Å². The summed E-state index contributed by atoms with van der Waals surface area (Å²) in [5.74, 6) is 0.284. The Labute approximate surface area is 74.1 Å². The Morgan fingerprint density at radius 3 is 2.25 bits per heavy atom. The van der Waals surface area contributed by atoms with E-state index in [1.165, 1.54) is 5.56 Å². The zero-order chi connectivity index (χ0) is 8.97. The Hall–Kier alpha value is -0.820. The van der Waals surface area contributed by atoms with Crippen molar-refractivity contribution in [3.05, 3.63) is 35.9 Å². The zero-order valence-corrected chi connectivity index (χ0v) is 7.70. The molecule has 0 spiro atoms. The minimum atomic E-state index is -0.252. The zero-order valence-electron chi connectivity index (χ0n) is 7.70. The van der Waals surface area contributed by atoms with E-state index in [1.807, 2.05) is 25.1 Å². The standard InChI is InChI=1S/C11H16O/c1-3-11(9(2)12)10-7-5-4-6-8-10/h4-9,11-12H,3H2,1-2H3. The lowest BCUT2D eigenvalue weighted by Gasteiger charge is -2.17. The van der Waals surface area contributed by atoms with Gasteiger partial charge >= 0.3 is 0 Å². The Kier molecular flexibility index (Phi) is 3.30. The van der Waals surface area contributed by atoms with Gasteiger partial charge in [0.1, 0.15) is 0 Å². The molecule has 0 amide bonds. The van der Waals surface area contributed by atoms with Gasteiger partial charge in [0.15, 0.2) is 0 Å². The van der Waals surface area contributed by atoms with Gasteiger partial charge in [0, 0.05) is 5.92 Å². The second kappa shape index (κ2) is 4.27. The summed E-state index contributed by atoms with van der Waals surface area (Å²) < 4.78 is 0. The molecule has 0 bridgehead atoms. The third kappa shape index (κ3) is 2.08. The van der Waals surface area contributed by atoms with Crippen LogP contribution >= 0.6 is 0 Å². The molecule has 1 heteroatoms. The molecule has 0 fully saturated rings. The molecule has 0 aromatic heterocycles. The van der Waals surface area contributed by atoms with E-state index in [4.69, 9.17) is 0 Å². The first-order valence-electron chi connectivity index (χ1n) is 4.48. The van der Waals surface area contributed by atoms with E-state index in [0.29, 0.717) is 0 Å². The molecule has 66 valence electrons. The number of benzene rings is 1. The Morgan fingerprint density at radius 2 is 1.83 bits per heavy atom. The highest BCUT2D eigenvalue weighted by Crippen LogP contribution is 2.22. The summed E-state index contributed by atoms with van der Waals surface area (Å²) in [6, 6.07) is 10.2. The van der Waals surface area contributed by atoms with Crippen molar-refractivity contribution in [2.75, 3.05) is 0 Å². The maximum absolute atomic E-state index is 9.47. The van der Waals surface area contributed by atoms with Crippen LogP contribution in [0, 0.1) is 0 Å². The second-order valence-electron chi connectivity index (χ2n) is 3.17. The normalized spacial score (nSPS) is 15.6. The van der Waals surface area contributed by atoms with Crippen LogP contribution in [0.5, 0.6) is 0 Å². The van der Waals surface area contributed by atoms with Crippen LogP contribution in [-0.4, -0.2) is 11.2 Å². The van der Waals surface area contributed by atoms with Crippen molar-refractivity contribution in [1.29, 1.82) is 0 Å². The summed E-state index contributed by atoms with van der Waals surface area (Å²) in [5, 5.41) is 9.47. The lowest BCUT2D eigenvalue weighted by atomic mass is 9.92. The minimum absolute atomic E-state index is 0.252. The van der Waals surface area contributed by atoms with E-state index < -0.39 is 0 Å². The van der Waals surface area contributed by atoms with Crippen LogP contribution in [-0.2, 0) is 0 Å². The van der Waals surface area contributed by atoms with Gasteiger partial charge in [-0.05, 0) is 18.9 Å². The van der Waals surface area contributed by atoms with Crippen LogP contribution < -0.4 is 0 Å². The lowest BCUT2D eigenvalue weighted by molar-refractivity contribution is 0.160. The number of aliphatic hydroxyl groups is 1. The average molecular weight is 164 g/mol. The van der Waals surface area contributed by atoms with E-state index in [2.05, 4.69) is 19.1 Å². The Balaban J connectivity index is 2.80. The first kappa shape index (κ1) is 9.27. The molecule has 0 saturated carbocycles. The predicted octanol–water partition coefficient (Wildman–Crippen LogP) is 2.56. The minimum Gasteiger partial charge on any atom is -0.393 e. The summed E-state index contributed by atoms with van der Waals surface area (Å²) >= 11 is 0. The molecule has 0 heterocycles. The summed E-state index contributed by atoms with van der Waals surface area (Å²) in [6.45, 7) is 3.95. The van der Waals surface area contributed by atoms with Crippen LogP contribution in [0.1, 0.15) is 31.7 Å². The van der Waals surface area contributed by atoms with Crippen molar-refractivity contribution in [3.63, 3.8) is 0 Å². The number of hydrogen-bond donors (Lipinski definition) is 1. The SMILES string of the molecule is CCC(c1ccccc1)C(C)O. The van der Waals surface area contributed by atoms with Gasteiger partial charge in [-0.15, -0.1) is 0 Å². The number of aliphatic hydroxyl groups excluding tert-OH is 1. The fourth-order valence-corrected chi connectivity index (χ4v) is 1.56. The lowest BCUT2D eigenvalue weighted by Crippen LogP contribution is -2.13. The first-order valence-corrected chi connectivity index (χ1v) is 4.48. The van der Waals surface area contributed by atoms with Gasteiger partial charge < -0.3 is 5.11 Å². The molecule has 0 aliphatic rings. The summed E-state index contributed by atoms with van der Waals surface area (Å²) in [6.07, 6.45) is 0.735. The fourth-order valence-electron chi connectivity index (χ4n) is 1.56. The van der Waals surface area contributed by atoms with Crippen molar-refractivity contribution in [2.24, 2.45) is 0 Å². The van der Waals surface area contributed by atoms with E-state index >= 15 is 0 Å². The smallest absolute Gasteiger partial charge is 0.0580 e. The van der Waals surface area contributed by atoms with Crippen molar-refractivity contribution in [3.8, 4) is 0 Å². The van der Waals surface area contributed by atoms with Crippen LogP contribution in [0.4, 0.5) is 0 Å². The Morgan fingerprint density at radius 1 is 1.25 bits per heavy atom. The van der Waals surface area contributed by atoms with Gasteiger partial charge in [-0.1, -0.05) is 37.3 Å². The second-order valence-corrected chi connectivity index (χ2v) is 3.17. The van der Waals surface area contributed by atoms with Gasteiger partial charge in [0.2, 0.25) is 0 Å². The first-order chi connectivity index (χ1) is 5.75. The fraction of sp³-hybridized carbons (Fsp3) is 0.455. The quantitative estimate of drug-likeness (QED) is 0.728. The molecule has 1 N–H and O–H groups in total. The number of rotatable bonds is 3. The van der Waals surface area contributed by atoms with Crippen molar-refractivity contribution in [2.45, 2.75) is 32.3 Å². The molecule has 2 unspecified atom stereocenters. The summed E-state index contributed by atoms with van der Waals surface area (Å²) in [5.41, 5.74) is 1.23. The Bertz CT molecular complexity index is 216. The van der Waals surface area contributed by atoms with Gasteiger partial charge in [-0.2, -0.15) is 0 Å². The van der Waals surface area contributed by atoms with Gasteiger partial charge in [-0.3, -0.25) is 0 Å². The van der Waals surface area contributed by atoms with E-state index in [1.54, 1.807) is 0 Å². The molecule has 1 rings (SSSR count).